The highest BCUT2D eigenvalue weighted by Gasteiger charge is 1.91. The minimum Gasteiger partial charge on any atom is -0.231 e. The van der Waals surface area contributed by atoms with E-state index in [1.807, 2.05) is 32.2 Å². The highest BCUT2D eigenvalue weighted by molar-refractivity contribution is 7.10. The van der Waals surface area contributed by atoms with Crippen molar-refractivity contribution in [3.05, 3.63) is 16.1 Å². The van der Waals surface area contributed by atoms with Gasteiger partial charge in [0.15, 0.2) is 5.01 Å². The fourth-order valence-electron chi connectivity index (χ4n) is 0.405. The zero-order valence-corrected chi connectivity index (χ0v) is 7.20. The van der Waals surface area contributed by atoms with Crippen LogP contribution >= 0.6 is 11.3 Å². The van der Waals surface area contributed by atoms with Crippen LogP contribution in [0.4, 0.5) is 0 Å². The van der Waals surface area contributed by atoms with Crippen molar-refractivity contribution in [2.45, 2.75) is 20.8 Å². The summed E-state index contributed by atoms with van der Waals surface area (Å²) < 4.78 is 0. The van der Waals surface area contributed by atoms with Gasteiger partial charge >= 0.3 is 0 Å². The van der Waals surface area contributed by atoms with Gasteiger partial charge in [-0.1, -0.05) is 13.8 Å². The highest BCUT2D eigenvalue weighted by atomic mass is 32.1. The van der Waals surface area contributed by atoms with Crippen molar-refractivity contribution in [1.82, 2.24) is 4.98 Å². The molecule has 0 saturated heterocycles. The second-order valence-corrected chi connectivity index (χ2v) is 2.26. The lowest BCUT2D eigenvalue weighted by Gasteiger charge is -1.68. The number of hydrogen-bond donors (Lipinski definition) is 0. The molecule has 0 spiro atoms. The standard InChI is InChI=1S/C5H4N2S.C2H6/c1-4-3-8-5(2-6)7-4;1-2/h3H,1H3;1-2H3. The van der Waals surface area contributed by atoms with Crippen LogP contribution in [0.5, 0.6) is 0 Å². The van der Waals surface area contributed by atoms with E-state index in [9.17, 15) is 0 Å². The normalized spacial score (nSPS) is 7.40. The number of hydrogen-bond acceptors (Lipinski definition) is 3. The average molecular weight is 154 g/mol. The summed E-state index contributed by atoms with van der Waals surface area (Å²) in [6.07, 6.45) is 0. The molecule has 0 unspecified atom stereocenters. The summed E-state index contributed by atoms with van der Waals surface area (Å²) in [5.41, 5.74) is 0.923. The van der Waals surface area contributed by atoms with Gasteiger partial charge in [-0.15, -0.1) is 11.3 Å². The molecule has 1 heterocycles. The van der Waals surface area contributed by atoms with Gasteiger partial charge in [0.05, 0.1) is 0 Å². The minimum absolute atomic E-state index is 0.544. The Morgan fingerprint density at radius 2 is 2.20 bits per heavy atom. The molecule has 1 rings (SSSR count). The van der Waals surface area contributed by atoms with E-state index in [0.29, 0.717) is 5.01 Å². The Hall–Kier alpha value is -0.880. The fourth-order valence-corrected chi connectivity index (χ4v) is 0.990. The molecular formula is C7H10N2S. The van der Waals surface area contributed by atoms with Crippen LogP contribution in [0.1, 0.15) is 24.5 Å². The zero-order chi connectivity index (χ0) is 7.98. The lowest BCUT2D eigenvalue weighted by atomic mass is 10.6. The fraction of sp³-hybridized carbons (Fsp3) is 0.429. The molecule has 0 aromatic carbocycles. The van der Waals surface area contributed by atoms with E-state index >= 15 is 0 Å². The monoisotopic (exact) mass is 154 g/mol. The van der Waals surface area contributed by atoms with Gasteiger partial charge in [-0.3, -0.25) is 0 Å². The summed E-state index contributed by atoms with van der Waals surface area (Å²) >= 11 is 1.38. The summed E-state index contributed by atoms with van der Waals surface area (Å²) in [5, 5.41) is 10.7. The molecule has 0 atom stereocenters. The second kappa shape index (κ2) is 4.95. The number of aromatic nitrogens is 1. The van der Waals surface area contributed by atoms with Crippen molar-refractivity contribution in [3.63, 3.8) is 0 Å². The van der Waals surface area contributed by atoms with Crippen molar-refractivity contribution >= 4 is 11.3 Å². The van der Waals surface area contributed by atoms with E-state index in [0.717, 1.165) is 5.69 Å². The first-order valence-electron chi connectivity index (χ1n) is 3.15. The Labute approximate surface area is 65.1 Å². The molecule has 0 N–H and O–H groups in total. The minimum atomic E-state index is 0.544. The van der Waals surface area contributed by atoms with Crippen LogP contribution in [-0.2, 0) is 0 Å². The van der Waals surface area contributed by atoms with Gasteiger partial charge in [0, 0.05) is 11.1 Å². The van der Waals surface area contributed by atoms with Gasteiger partial charge in [0.25, 0.3) is 0 Å². The van der Waals surface area contributed by atoms with Crippen LogP contribution in [0.15, 0.2) is 5.38 Å². The average Bonchev–Trinajstić information content (AvgIpc) is 2.40. The van der Waals surface area contributed by atoms with Gasteiger partial charge in [0.1, 0.15) is 6.07 Å². The van der Waals surface area contributed by atoms with E-state index in [-0.39, 0.29) is 0 Å². The van der Waals surface area contributed by atoms with Crippen molar-refractivity contribution in [1.29, 1.82) is 5.26 Å². The number of aryl methyl sites for hydroxylation is 1. The Kier molecular flexibility index (Phi) is 4.51. The first-order valence-corrected chi connectivity index (χ1v) is 4.03. The quantitative estimate of drug-likeness (QED) is 0.575. The molecular weight excluding hydrogens is 144 g/mol. The topological polar surface area (TPSA) is 36.7 Å². The van der Waals surface area contributed by atoms with Crippen LogP contribution in [0.3, 0.4) is 0 Å². The molecule has 54 valence electrons. The highest BCUT2D eigenvalue weighted by Crippen LogP contribution is 2.05. The van der Waals surface area contributed by atoms with Gasteiger partial charge in [-0.25, -0.2) is 4.98 Å². The first kappa shape index (κ1) is 9.12. The lowest BCUT2D eigenvalue weighted by Crippen LogP contribution is -1.69. The Morgan fingerprint density at radius 3 is 2.40 bits per heavy atom. The second-order valence-electron chi connectivity index (χ2n) is 1.41. The van der Waals surface area contributed by atoms with Crippen molar-refractivity contribution in [2.75, 3.05) is 0 Å². The van der Waals surface area contributed by atoms with E-state index in [1.165, 1.54) is 11.3 Å². The van der Waals surface area contributed by atoms with Gasteiger partial charge in [0.2, 0.25) is 0 Å². The predicted molar refractivity (Wildman–Crippen MR) is 42.9 cm³/mol. The number of nitriles is 1. The number of rotatable bonds is 0. The van der Waals surface area contributed by atoms with Crippen molar-refractivity contribution in [3.8, 4) is 6.07 Å². The molecule has 0 aliphatic rings. The predicted octanol–water partition coefficient (Wildman–Crippen LogP) is 2.35. The molecule has 2 nitrogen and oxygen atoms in total. The smallest absolute Gasteiger partial charge is 0.194 e. The summed E-state index contributed by atoms with van der Waals surface area (Å²) in [4.78, 5) is 3.89. The summed E-state index contributed by atoms with van der Waals surface area (Å²) in [6, 6.07) is 1.96. The Bertz CT molecular complexity index is 222. The summed E-state index contributed by atoms with van der Waals surface area (Å²) in [5.74, 6) is 0. The Morgan fingerprint density at radius 1 is 1.60 bits per heavy atom. The molecule has 0 fully saturated rings. The molecule has 0 aliphatic carbocycles. The zero-order valence-electron chi connectivity index (χ0n) is 6.38. The Balaban J connectivity index is 0.000000371. The van der Waals surface area contributed by atoms with E-state index in [4.69, 9.17) is 5.26 Å². The van der Waals surface area contributed by atoms with Crippen LogP contribution in [-0.4, -0.2) is 4.98 Å². The molecule has 3 heteroatoms. The van der Waals surface area contributed by atoms with Crippen molar-refractivity contribution in [2.24, 2.45) is 0 Å². The SMILES string of the molecule is CC.Cc1csc(C#N)n1. The molecule has 1 aromatic rings. The van der Waals surface area contributed by atoms with Crippen LogP contribution in [0, 0.1) is 18.3 Å². The molecule has 0 bridgehead atoms. The van der Waals surface area contributed by atoms with Gasteiger partial charge in [-0.2, -0.15) is 5.26 Å². The van der Waals surface area contributed by atoms with Crippen LogP contribution in [0.2, 0.25) is 0 Å². The maximum Gasteiger partial charge on any atom is 0.194 e. The molecule has 0 aliphatic heterocycles. The van der Waals surface area contributed by atoms with Crippen molar-refractivity contribution < 1.29 is 0 Å². The molecule has 10 heavy (non-hydrogen) atoms. The van der Waals surface area contributed by atoms with Gasteiger partial charge in [-0.05, 0) is 6.92 Å². The van der Waals surface area contributed by atoms with Gasteiger partial charge < -0.3 is 0 Å². The maximum absolute atomic E-state index is 8.25. The molecule has 0 radical (unpaired) electrons. The van der Waals surface area contributed by atoms with Crippen LogP contribution < -0.4 is 0 Å². The first-order chi connectivity index (χ1) is 4.83. The summed E-state index contributed by atoms with van der Waals surface area (Å²) in [6.45, 7) is 5.87. The largest absolute Gasteiger partial charge is 0.231 e. The van der Waals surface area contributed by atoms with Crippen LogP contribution in [0.25, 0.3) is 0 Å². The third-order valence-corrected chi connectivity index (χ3v) is 1.58. The van der Waals surface area contributed by atoms with E-state index in [2.05, 4.69) is 4.98 Å². The molecule has 1 aromatic heterocycles. The van der Waals surface area contributed by atoms with E-state index in [1.54, 1.807) is 0 Å². The third kappa shape index (κ3) is 2.60. The third-order valence-electron chi connectivity index (χ3n) is 0.715. The summed E-state index contributed by atoms with van der Waals surface area (Å²) in [7, 11) is 0. The molecule has 0 amide bonds. The van der Waals surface area contributed by atoms with E-state index < -0.39 is 0 Å². The maximum atomic E-state index is 8.25. The number of nitrogens with zero attached hydrogens (tertiary/aromatic N) is 2. The molecule has 0 saturated carbocycles. The number of thiazole rings is 1. The lowest BCUT2D eigenvalue weighted by molar-refractivity contribution is 1.24.